The highest BCUT2D eigenvalue weighted by Gasteiger charge is 2.32. The number of benzene rings is 1. The fourth-order valence-electron chi connectivity index (χ4n) is 2.35. The lowest BCUT2D eigenvalue weighted by molar-refractivity contribution is 0.0169. The maximum absolute atomic E-state index is 13.4. The van der Waals surface area contributed by atoms with Crippen molar-refractivity contribution in [1.29, 1.82) is 0 Å². The fourth-order valence-corrected chi connectivity index (χ4v) is 2.35. The molecule has 21 heavy (non-hydrogen) atoms. The molecule has 2 N–H and O–H groups in total. The summed E-state index contributed by atoms with van der Waals surface area (Å²) < 4.78 is 31.8. The summed E-state index contributed by atoms with van der Waals surface area (Å²) in [7, 11) is 1.47. The number of nitrogens with zero attached hydrogens (tertiary/aromatic N) is 1. The van der Waals surface area contributed by atoms with Gasteiger partial charge < -0.3 is 15.2 Å². The minimum Gasteiger partial charge on any atom is -0.508 e. The maximum Gasteiger partial charge on any atom is 0.258 e. The van der Waals surface area contributed by atoms with Crippen molar-refractivity contribution in [2.75, 3.05) is 33.3 Å². The maximum atomic E-state index is 13.4. The van der Waals surface area contributed by atoms with Crippen LogP contribution >= 0.6 is 24.8 Å². The van der Waals surface area contributed by atoms with Crippen molar-refractivity contribution in [2.24, 2.45) is 0 Å². The van der Waals surface area contributed by atoms with Crippen LogP contribution < -0.4 is 10.1 Å². The molecule has 0 saturated carbocycles. The molecule has 122 valence electrons. The van der Waals surface area contributed by atoms with Gasteiger partial charge in [-0.05, 0) is 18.2 Å². The van der Waals surface area contributed by atoms with Crippen LogP contribution in [0.3, 0.4) is 0 Å². The molecule has 0 spiro atoms. The predicted octanol–water partition coefficient (Wildman–Crippen LogP) is 2.46. The lowest BCUT2D eigenvalue weighted by atomic mass is 10.0. The van der Waals surface area contributed by atoms with E-state index in [-0.39, 0.29) is 36.1 Å². The summed E-state index contributed by atoms with van der Waals surface area (Å²) in [6.07, 6.45) is -2.56. The highest BCUT2D eigenvalue weighted by molar-refractivity contribution is 5.85. The average molecular weight is 345 g/mol. The molecular weight excluding hydrogens is 325 g/mol. The van der Waals surface area contributed by atoms with Crippen molar-refractivity contribution in [1.82, 2.24) is 10.2 Å². The Balaban J connectivity index is 0.00000200. The number of phenols is 1. The number of nitrogens with one attached hydrogen (secondary N) is 1. The molecule has 1 aliphatic heterocycles. The van der Waals surface area contributed by atoms with E-state index in [1.165, 1.54) is 19.2 Å². The molecule has 0 bridgehead atoms. The number of aromatic hydroxyl groups is 1. The second-order valence-corrected chi connectivity index (χ2v) is 4.49. The molecule has 1 aromatic rings. The van der Waals surface area contributed by atoms with Gasteiger partial charge in [0.1, 0.15) is 17.5 Å². The molecule has 0 amide bonds. The summed E-state index contributed by atoms with van der Waals surface area (Å²) in [6, 6.07) is 3.33. The number of piperazine rings is 1. The molecule has 4 nitrogen and oxygen atoms in total. The van der Waals surface area contributed by atoms with Crippen LogP contribution in [0.15, 0.2) is 18.2 Å². The number of halogens is 4. The average Bonchev–Trinajstić information content (AvgIpc) is 2.42. The number of hydrogen-bond donors (Lipinski definition) is 2. The van der Waals surface area contributed by atoms with Crippen molar-refractivity contribution in [3.63, 3.8) is 0 Å². The molecule has 0 aliphatic carbocycles. The number of hydrogen-bond acceptors (Lipinski definition) is 4. The summed E-state index contributed by atoms with van der Waals surface area (Å²) in [6.45, 7) is 2.42. The Kier molecular flexibility index (Phi) is 8.89. The number of phenolic OH excluding ortho intramolecular Hbond substituents is 1. The summed E-state index contributed by atoms with van der Waals surface area (Å²) >= 11 is 0. The van der Waals surface area contributed by atoms with E-state index in [9.17, 15) is 13.9 Å². The zero-order valence-electron chi connectivity index (χ0n) is 11.6. The summed E-state index contributed by atoms with van der Waals surface area (Å²) in [5.41, 5.74) is 0.219. The highest BCUT2D eigenvalue weighted by atomic mass is 35.5. The minimum atomic E-state index is -2.56. The third kappa shape index (κ3) is 4.85. The standard InChI is InChI=1S/C13H18F2N2O2.2ClH/c1-19-9-2-3-11(18)10(8-9)12(13(14)15)17-6-4-16-5-7-17;;/h2-3,8,12-13,16,18H,4-7H2,1H3;2*1H/t12-;;/m1../s1. The second-order valence-electron chi connectivity index (χ2n) is 4.49. The molecule has 1 aromatic carbocycles. The lowest BCUT2D eigenvalue weighted by Crippen LogP contribution is -2.46. The molecule has 1 heterocycles. The third-order valence-corrected chi connectivity index (χ3v) is 3.34. The van der Waals surface area contributed by atoms with Gasteiger partial charge in [-0.25, -0.2) is 8.78 Å². The summed E-state index contributed by atoms with van der Waals surface area (Å²) in [5, 5.41) is 13.0. The van der Waals surface area contributed by atoms with Gasteiger partial charge in [-0.2, -0.15) is 0 Å². The van der Waals surface area contributed by atoms with Crippen LogP contribution in [0.1, 0.15) is 11.6 Å². The van der Waals surface area contributed by atoms with Gasteiger partial charge in [0.15, 0.2) is 0 Å². The number of ether oxygens (including phenoxy) is 1. The van der Waals surface area contributed by atoms with Gasteiger partial charge in [-0.3, -0.25) is 4.90 Å². The minimum absolute atomic E-state index is 0. The first-order chi connectivity index (χ1) is 9.13. The Morgan fingerprint density at radius 2 is 1.86 bits per heavy atom. The number of methoxy groups -OCH3 is 1. The van der Waals surface area contributed by atoms with Gasteiger partial charge in [0.05, 0.1) is 7.11 Å². The van der Waals surface area contributed by atoms with Crippen LogP contribution in [-0.2, 0) is 0 Å². The molecule has 1 aliphatic rings. The molecule has 1 fully saturated rings. The normalized spacial score (nSPS) is 16.8. The Labute approximate surface area is 135 Å². The van der Waals surface area contributed by atoms with Crippen molar-refractivity contribution in [3.8, 4) is 11.5 Å². The van der Waals surface area contributed by atoms with Crippen LogP contribution in [0.2, 0.25) is 0 Å². The van der Waals surface area contributed by atoms with Crippen molar-refractivity contribution in [2.45, 2.75) is 12.5 Å². The first-order valence-corrected chi connectivity index (χ1v) is 6.23. The molecule has 2 rings (SSSR count). The van der Waals surface area contributed by atoms with Crippen LogP contribution in [0.5, 0.6) is 11.5 Å². The summed E-state index contributed by atoms with van der Waals surface area (Å²) in [5.74, 6) is 0.346. The van der Waals surface area contributed by atoms with Gasteiger partial charge in [0, 0.05) is 31.7 Å². The molecule has 1 saturated heterocycles. The second kappa shape index (κ2) is 9.25. The Hall–Kier alpha value is -0.820. The van der Waals surface area contributed by atoms with Gasteiger partial charge in [0.25, 0.3) is 6.43 Å². The first-order valence-electron chi connectivity index (χ1n) is 6.23. The lowest BCUT2D eigenvalue weighted by Gasteiger charge is -2.34. The quantitative estimate of drug-likeness (QED) is 0.880. The van der Waals surface area contributed by atoms with Crippen LogP contribution in [0, 0.1) is 0 Å². The summed E-state index contributed by atoms with van der Waals surface area (Å²) in [4.78, 5) is 1.69. The Bertz CT molecular complexity index is 433. The van der Waals surface area contributed by atoms with E-state index in [4.69, 9.17) is 4.74 Å². The molecule has 1 atom stereocenters. The molecule has 0 unspecified atom stereocenters. The Morgan fingerprint density at radius 1 is 1.24 bits per heavy atom. The van der Waals surface area contributed by atoms with Crippen molar-refractivity contribution < 1.29 is 18.6 Å². The van der Waals surface area contributed by atoms with Crippen LogP contribution in [-0.4, -0.2) is 49.7 Å². The highest BCUT2D eigenvalue weighted by Crippen LogP contribution is 2.35. The van der Waals surface area contributed by atoms with E-state index < -0.39 is 12.5 Å². The third-order valence-electron chi connectivity index (χ3n) is 3.34. The first kappa shape index (κ1) is 20.2. The van der Waals surface area contributed by atoms with Gasteiger partial charge in [0.2, 0.25) is 0 Å². The van der Waals surface area contributed by atoms with E-state index in [1.807, 2.05) is 0 Å². The van der Waals surface area contributed by atoms with E-state index in [2.05, 4.69) is 5.32 Å². The van der Waals surface area contributed by atoms with Crippen molar-refractivity contribution in [3.05, 3.63) is 23.8 Å². The van der Waals surface area contributed by atoms with Crippen LogP contribution in [0.25, 0.3) is 0 Å². The predicted molar refractivity (Wildman–Crippen MR) is 82.3 cm³/mol. The van der Waals surface area contributed by atoms with E-state index >= 15 is 0 Å². The molecule has 0 aromatic heterocycles. The van der Waals surface area contributed by atoms with Gasteiger partial charge in [-0.15, -0.1) is 24.8 Å². The number of alkyl halides is 2. The van der Waals surface area contributed by atoms with E-state index in [0.29, 0.717) is 31.9 Å². The largest absolute Gasteiger partial charge is 0.508 e. The number of rotatable bonds is 4. The van der Waals surface area contributed by atoms with Gasteiger partial charge >= 0.3 is 0 Å². The monoisotopic (exact) mass is 344 g/mol. The van der Waals surface area contributed by atoms with E-state index in [1.54, 1.807) is 11.0 Å². The topological polar surface area (TPSA) is 44.7 Å². The van der Waals surface area contributed by atoms with Gasteiger partial charge in [-0.1, -0.05) is 0 Å². The fraction of sp³-hybridized carbons (Fsp3) is 0.538. The SMILES string of the molecule is COc1ccc(O)c([C@H](C(F)F)N2CCNCC2)c1.Cl.Cl. The molecule has 8 heteroatoms. The van der Waals surface area contributed by atoms with Crippen LogP contribution in [0.4, 0.5) is 8.78 Å². The zero-order chi connectivity index (χ0) is 13.8. The molecule has 0 radical (unpaired) electrons. The smallest absolute Gasteiger partial charge is 0.258 e. The van der Waals surface area contributed by atoms with E-state index in [0.717, 1.165) is 0 Å². The zero-order valence-corrected chi connectivity index (χ0v) is 13.2. The Morgan fingerprint density at radius 3 is 2.38 bits per heavy atom. The van der Waals surface area contributed by atoms with Crippen molar-refractivity contribution >= 4 is 24.8 Å². The molecular formula is C13H20Cl2F2N2O2.